The molecule has 0 radical (unpaired) electrons. The van der Waals surface area contributed by atoms with Crippen molar-refractivity contribution in [3.63, 3.8) is 0 Å². The van der Waals surface area contributed by atoms with Crippen molar-refractivity contribution in [3.05, 3.63) is 38.0 Å². The molecule has 0 bridgehead atoms. The Kier molecular flexibility index (Phi) is 8.74. The van der Waals surface area contributed by atoms with Gasteiger partial charge in [-0.15, -0.1) is 0 Å². The van der Waals surface area contributed by atoms with Gasteiger partial charge in [0.25, 0.3) is 0 Å². The molecule has 0 aliphatic carbocycles. The molecule has 0 N–H and O–H groups in total. The molecule has 0 aliphatic rings. The first-order valence-electron chi connectivity index (χ1n) is 4.12. The SMILES string of the molecule is C=CC[O][Zr]([Cl])([O]CC=C)[O]CC=C. The van der Waals surface area contributed by atoms with E-state index in [1.165, 1.54) is 0 Å². The zero-order valence-corrected chi connectivity index (χ0v) is 11.3. The molecule has 14 heavy (non-hydrogen) atoms. The molecule has 0 spiro atoms. The Morgan fingerprint density at radius 3 is 1.36 bits per heavy atom. The second-order valence-corrected chi connectivity index (χ2v) is 9.51. The number of hydrogen-bond donors (Lipinski definition) is 0. The molecule has 3 nitrogen and oxygen atoms in total. The van der Waals surface area contributed by atoms with Crippen molar-refractivity contribution in [2.75, 3.05) is 19.8 Å². The molecule has 0 aromatic carbocycles. The first-order valence-corrected chi connectivity index (χ1v) is 10.3. The van der Waals surface area contributed by atoms with Crippen LogP contribution in [0.4, 0.5) is 0 Å². The predicted molar refractivity (Wildman–Crippen MR) is 54.3 cm³/mol. The van der Waals surface area contributed by atoms with Crippen molar-refractivity contribution in [1.82, 2.24) is 0 Å². The van der Waals surface area contributed by atoms with Gasteiger partial charge in [0.1, 0.15) is 0 Å². The average molecular weight is 298 g/mol. The van der Waals surface area contributed by atoms with Crippen LogP contribution in [0.25, 0.3) is 0 Å². The molecule has 0 aromatic rings. The van der Waals surface area contributed by atoms with E-state index >= 15 is 0 Å². The Morgan fingerprint density at radius 2 is 1.14 bits per heavy atom. The number of hydrogen-bond acceptors (Lipinski definition) is 3. The van der Waals surface area contributed by atoms with Crippen molar-refractivity contribution in [2.24, 2.45) is 0 Å². The van der Waals surface area contributed by atoms with E-state index in [0.717, 1.165) is 0 Å². The Bertz CT molecular complexity index is 165. The zero-order chi connectivity index (χ0) is 10.9. The molecule has 0 fully saturated rings. The van der Waals surface area contributed by atoms with Gasteiger partial charge in [0.2, 0.25) is 0 Å². The van der Waals surface area contributed by atoms with Gasteiger partial charge in [0, 0.05) is 0 Å². The fourth-order valence-corrected chi connectivity index (χ4v) is 4.67. The van der Waals surface area contributed by atoms with Gasteiger partial charge in [-0.05, 0) is 0 Å². The maximum atomic E-state index is 6.08. The van der Waals surface area contributed by atoms with Crippen molar-refractivity contribution in [3.8, 4) is 0 Å². The third-order valence-electron chi connectivity index (χ3n) is 1.12. The zero-order valence-electron chi connectivity index (χ0n) is 8.08. The van der Waals surface area contributed by atoms with Crippen molar-refractivity contribution in [2.45, 2.75) is 0 Å². The summed E-state index contributed by atoms with van der Waals surface area (Å²) in [6.07, 6.45) is 4.80. The standard InChI is InChI=1S/3C3H5O.ClH.Zr/c3*1-2-3-4;;/h3*2H,1,3H2;1H;/q3*-1;;+4/p-1. The van der Waals surface area contributed by atoms with E-state index in [1.54, 1.807) is 18.2 Å². The molecule has 5 heteroatoms. The van der Waals surface area contributed by atoms with Gasteiger partial charge in [-0.1, -0.05) is 0 Å². The fourth-order valence-electron chi connectivity index (χ4n) is 0.600. The summed E-state index contributed by atoms with van der Waals surface area (Å²) < 4.78 is 15.9. The second-order valence-electron chi connectivity index (χ2n) is 2.28. The molecule has 0 rings (SSSR count). The molecule has 0 unspecified atom stereocenters. The number of halogens is 1. The van der Waals surface area contributed by atoms with Crippen LogP contribution in [0.1, 0.15) is 0 Å². The summed E-state index contributed by atoms with van der Waals surface area (Å²) in [6, 6.07) is 0. The molecule has 0 aliphatic heterocycles. The molecule has 0 atom stereocenters. The van der Waals surface area contributed by atoms with Crippen LogP contribution in [0, 0.1) is 0 Å². The van der Waals surface area contributed by atoms with Crippen molar-refractivity contribution >= 4 is 8.51 Å². The molecule has 0 saturated carbocycles. The van der Waals surface area contributed by atoms with E-state index in [2.05, 4.69) is 19.7 Å². The summed E-state index contributed by atoms with van der Waals surface area (Å²) in [7, 11) is 6.08. The van der Waals surface area contributed by atoms with Crippen LogP contribution in [0.2, 0.25) is 0 Å². The van der Waals surface area contributed by atoms with E-state index < -0.39 is 20.4 Å². The summed E-state index contributed by atoms with van der Waals surface area (Å²) in [5.74, 6) is 0. The molecule has 0 heterocycles. The predicted octanol–water partition coefficient (Wildman–Crippen LogP) is 2.65. The monoisotopic (exact) mass is 296 g/mol. The summed E-state index contributed by atoms with van der Waals surface area (Å²) in [4.78, 5) is 0. The van der Waals surface area contributed by atoms with E-state index in [4.69, 9.17) is 17.0 Å². The van der Waals surface area contributed by atoms with Gasteiger partial charge in [-0.25, -0.2) is 0 Å². The van der Waals surface area contributed by atoms with Crippen molar-refractivity contribution in [1.29, 1.82) is 0 Å². The van der Waals surface area contributed by atoms with Crippen LogP contribution < -0.4 is 0 Å². The van der Waals surface area contributed by atoms with E-state index in [0.29, 0.717) is 19.8 Å². The Labute approximate surface area is 94.8 Å². The first-order chi connectivity index (χ1) is 6.68. The molecule has 80 valence electrons. The average Bonchev–Trinajstić information content (AvgIpc) is 2.21. The summed E-state index contributed by atoms with van der Waals surface area (Å²) in [6.45, 7) is 11.6. The Balaban J connectivity index is 4.07. The second kappa shape index (κ2) is 8.57. The van der Waals surface area contributed by atoms with E-state index in [1.807, 2.05) is 0 Å². The maximum absolute atomic E-state index is 6.08. The van der Waals surface area contributed by atoms with Gasteiger partial charge < -0.3 is 0 Å². The van der Waals surface area contributed by atoms with Crippen LogP contribution >= 0.6 is 8.51 Å². The van der Waals surface area contributed by atoms with Gasteiger partial charge in [0.15, 0.2) is 0 Å². The molecular formula is C9H15ClO3Zr. The van der Waals surface area contributed by atoms with Crippen LogP contribution in [0.3, 0.4) is 0 Å². The summed E-state index contributed by atoms with van der Waals surface area (Å²) in [5, 5.41) is 0. The van der Waals surface area contributed by atoms with Crippen LogP contribution in [-0.4, -0.2) is 19.8 Å². The summed E-state index contributed by atoms with van der Waals surface area (Å²) >= 11 is -3.81. The van der Waals surface area contributed by atoms with Gasteiger partial charge in [-0.3, -0.25) is 0 Å². The molecule has 0 amide bonds. The Morgan fingerprint density at radius 1 is 0.857 bits per heavy atom. The van der Waals surface area contributed by atoms with Crippen molar-refractivity contribution < 1.29 is 28.8 Å². The fraction of sp³-hybridized carbons (Fsp3) is 0.333. The van der Waals surface area contributed by atoms with E-state index in [-0.39, 0.29) is 0 Å². The van der Waals surface area contributed by atoms with E-state index in [9.17, 15) is 0 Å². The molecule has 0 saturated heterocycles. The number of rotatable bonds is 9. The summed E-state index contributed by atoms with van der Waals surface area (Å²) in [5.41, 5.74) is 0. The van der Waals surface area contributed by atoms with Crippen LogP contribution in [-0.2, 0) is 28.8 Å². The normalized spacial score (nSPS) is 10.9. The minimum atomic E-state index is -3.81. The van der Waals surface area contributed by atoms with Crippen LogP contribution in [0.15, 0.2) is 38.0 Å². The first kappa shape index (κ1) is 14.3. The minimum absolute atomic E-state index is 0.327. The third-order valence-corrected chi connectivity index (χ3v) is 6.83. The Hall–Kier alpha value is 0.273. The topological polar surface area (TPSA) is 27.7 Å². The van der Waals surface area contributed by atoms with Gasteiger partial charge in [-0.2, -0.15) is 0 Å². The van der Waals surface area contributed by atoms with Crippen LogP contribution in [0.5, 0.6) is 0 Å². The van der Waals surface area contributed by atoms with Gasteiger partial charge in [0.05, 0.1) is 0 Å². The molecule has 0 aromatic heterocycles. The third kappa shape index (κ3) is 6.69. The quantitative estimate of drug-likeness (QED) is 0.612. The molecular weight excluding hydrogens is 283 g/mol. The van der Waals surface area contributed by atoms with Gasteiger partial charge >= 0.3 is 95.1 Å².